The van der Waals surface area contributed by atoms with Crippen LogP contribution in [0.3, 0.4) is 0 Å². The molecule has 2 aromatic rings. The van der Waals surface area contributed by atoms with Crippen molar-refractivity contribution in [2.75, 3.05) is 0 Å². The summed E-state index contributed by atoms with van der Waals surface area (Å²) in [7, 11) is 0. The normalized spacial score (nSPS) is 10.6. The highest BCUT2D eigenvalue weighted by Gasteiger charge is 2.18. The summed E-state index contributed by atoms with van der Waals surface area (Å²) in [6.45, 7) is 5.16. The van der Waals surface area contributed by atoms with Crippen LogP contribution >= 0.6 is 0 Å². The Labute approximate surface area is 110 Å². The van der Waals surface area contributed by atoms with Crippen LogP contribution in [0.15, 0.2) is 30.3 Å². The lowest BCUT2D eigenvalue weighted by Gasteiger charge is -2.08. The van der Waals surface area contributed by atoms with Crippen molar-refractivity contribution in [3.63, 3.8) is 0 Å². The van der Waals surface area contributed by atoms with E-state index in [9.17, 15) is 13.6 Å². The molecule has 0 atom stereocenters. The molecule has 19 heavy (non-hydrogen) atoms. The number of benzene rings is 2. The van der Waals surface area contributed by atoms with Crippen molar-refractivity contribution in [2.24, 2.45) is 0 Å². The number of hydrogen-bond donors (Lipinski definition) is 0. The van der Waals surface area contributed by atoms with Gasteiger partial charge in [0.05, 0.1) is 5.56 Å². The van der Waals surface area contributed by atoms with E-state index in [2.05, 4.69) is 0 Å². The van der Waals surface area contributed by atoms with Gasteiger partial charge >= 0.3 is 0 Å². The zero-order chi connectivity index (χ0) is 14.2. The van der Waals surface area contributed by atoms with Gasteiger partial charge in [-0.1, -0.05) is 17.7 Å². The van der Waals surface area contributed by atoms with Crippen molar-refractivity contribution in [1.82, 2.24) is 0 Å². The highest BCUT2D eigenvalue weighted by Crippen LogP contribution is 2.20. The minimum atomic E-state index is -0.825. The minimum absolute atomic E-state index is 0.0902. The van der Waals surface area contributed by atoms with Gasteiger partial charge in [-0.15, -0.1) is 0 Å². The predicted molar refractivity (Wildman–Crippen MR) is 70.4 cm³/mol. The topological polar surface area (TPSA) is 17.1 Å². The molecule has 2 aromatic carbocycles. The van der Waals surface area contributed by atoms with E-state index in [0.29, 0.717) is 5.56 Å². The molecular weight excluding hydrogens is 246 g/mol. The zero-order valence-corrected chi connectivity index (χ0v) is 11.1. The second-order valence-corrected chi connectivity index (χ2v) is 4.73. The van der Waals surface area contributed by atoms with Gasteiger partial charge in [-0.2, -0.15) is 0 Å². The molecule has 0 aromatic heterocycles. The number of aryl methyl sites for hydroxylation is 3. The SMILES string of the molecule is Cc1ccc(C)c(C(=O)c2cc(C)c(F)cc2F)c1. The summed E-state index contributed by atoms with van der Waals surface area (Å²) < 4.78 is 27.0. The maximum atomic E-state index is 13.7. The van der Waals surface area contributed by atoms with E-state index in [1.165, 1.54) is 13.0 Å². The smallest absolute Gasteiger partial charge is 0.196 e. The van der Waals surface area contributed by atoms with Gasteiger partial charge in [-0.25, -0.2) is 8.78 Å². The van der Waals surface area contributed by atoms with Gasteiger partial charge in [0.1, 0.15) is 11.6 Å². The molecular formula is C16H14F2O. The molecule has 3 heteroatoms. The molecule has 0 N–H and O–H groups in total. The predicted octanol–water partition coefficient (Wildman–Crippen LogP) is 4.12. The van der Waals surface area contributed by atoms with Crippen LogP contribution in [0.5, 0.6) is 0 Å². The Morgan fingerprint density at radius 1 is 0.842 bits per heavy atom. The first-order valence-corrected chi connectivity index (χ1v) is 5.97. The number of halogens is 2. The van der Waals surface area contributed by atoms with Crippen molar-refractivity contribution < 1.29 is 13.6 Å². The average Bonchev–Trinajstić information content (AvgIpc) is 2.36. The summed E-state index contributed by atoms with van der Waals surface area (Å²) in [5, 5.41) is 0. The highest BCUT2D eigenvalue weighted by molar-refractivity contribution is 6.10. The van der Waals surface area contributed by atoms with Crippen LogP contribution < -0.4 is 0 Å². The molecule has 98 valence electrons. The fourth-order valence-electron chi connectivity index (χ4n) is 1.96. The van der Waals surface area contributed by atoms with E-state index in [1.54, 1.807) is 13.0 Å². The van der Waals surface area contributed by atoms with E-state index in [-0.39, 0.29) is 11.1 Å². The van der Waals surface area contributed by atoms with Crippen LogP contribution in [0.4, 0.5) is 8.78 Å². The maximum absolute atomic E-state index is 13.7. The number of carbonyl (C=O) groups is 1. The van der Waals surface area contributed by atoms with Gasteiger partial charge in [0.25, 0.3) is 0 Å². The van der Waals surface area contributed by atoms with E-state index >= 15 is 0 Å². The molecule has 0 bridgehead atoms. The second kappa shape index (κ2) is 4.92. The maximum Gasteiger partial charge on any atom is 0.196 e. The van der Waals surface area contributed by atoms with Crippen molar-refractivity contribution in [1.29, 1.82) is 0 Å². The van der Waals surface area contributed by atoms with Crippen molar-refractivity contribution in [3.05, 3.63) is 69.8 Å². The second-order valence-electron chi connectivity index (χ2n) is 4.73. The minimum Gasteiger partial charge on any atom is -0.288 e. The molecule has 0 aliphatic heterocycles. The molecule has 2 rings (SSSR count). The third-order valence-corrected chi connectivity index (χ3v) is 3.13. The Kier molecular flexibility index (Phi) is 3.47. The van der Waals surface area contributed by atoms with Crippen LogP contribution in [0, 0.1) is 32.4 Å². The van der Waals surface area contributed by atoms with Gasteiger partial charge in [-0.05, 0) is 44.0 Å². The fraction of sp³-hybridized carbons (Fsp3) is 0.188. The molecule has 0 fully saturated rings. The lowest BCUT2D eigenvalue weighted by molar-refractivity contribution is 0.103. The zero-order valence-electron chi connectivity index (χ0n) is 11.1. The summed E-state index contributed by atoms with van der Waals surface area (Å²) >= 11 is 0. The Balaban J connectivity index is 2.56. The summed E-state index contributed by atoms with van der Waals surface area (Å²) in [6, 6.07) is 7.44. The quantitative estimate of drug-likeness (QED) is 0.742. The molecule has 0 spiro atoms. The van der Waals surface area contributed by atoms with E-state index < -0.39 is 17.4 Å². The Hall–Kier alpha value is -2.03. The number of carbonyl (C=O) groups excluding carboxylic acids is 1. The molecule has 0 radical (unpaired) electrons. The van der Waals surface area contributed by atoms with Gasteiger partial charge < -0.3 is 0 Å². The standard InChI is InChI=1S/C16H14F2O/c1-9-4-5-10(2)12(6-9)16(19)13-7-11(3)14(17)8-15(13)18/h4-8H,1-3H3. The van der Waals surface area contributed by atoms with Gasteiger partial charge in [0, 0.05) is 11.6 Å². The van der Waals surface area contributed by atoms with E-state index in [4.69, 9.17) is 0 Å². The lowest BCUT2D eigenvalue weighted by Crippen LogP contribution is -2.08. The number of hydrogen-bond acceptors (Lipinski definition) is 1. The average molecular weight is 260 g/mol. The molecule has 0 aliphatic rings. The molecule has 0 saturated carbocycles. The largest absolute Gasteiger partial charge is 0.288 e. The van der Waals surface area contributed by atoms with Gasteiger partial charge in [-0.3, -0.25) is 4.79 Å². The Bertz CT molecular complexity index is 660. The third-order valence-electron chi connectivity index (χ3n) is 3.13. The highest BCUT2D eigenvalue weighted by atomic mass is 19.1. The first kappa shape index (κ1) is 13.4. The number of ketones is 1. The summed E-state index contributed by atoms with van der Waals surface area (Å²) in [5.41, 5.74) is 2.32. The van der Waals surface area contributed by atoms with Crippen LogP contribution in [0.25, 0.3) is 0 Å². The molecule has 1 nitrogen and oxygen atoms in total. The van der Waals surface area contributed by atoms with Crippen molar-refractivity contribution in [2.45, 2.75) is 20.8 Å². The molecule has 0 aliphatic carbocycles. The van der Waals surface area contributed by atoms with Crippen LogP contribution in [-0.2, 0) is 0 Å². The Morgan fingerprint density at radius 2 is 1.53 bits per heavy atom. The number of rotatable bonds is 2. The lowest BCUT2D eigenvalue weighted by atomic mass is 9.96. The van der Waals surface area contributed by atoms with E-state index in [1.807, 2.05) is 19.1 Å². The monoisotopic (exact) mass is 260 g/mol. The van der Waals surface area contributed by atoms with Crippen LogP contribution in [0.1, 0.15) is 32.6 Å². The summed E-state index contributed by atoms with van der Waals surface area (Å²) in [5.74, 6) is -1.88. The molecule has 0 heterocycles. The first-order chi connectivity index (χ1) is 8.90. The van der Waals surface area contributed by atoms with Crippen molar-refractivity contribution >= 4 is 5.78 Å². The first-order valence-electron chi connectivity index (χ1n) is 5.97. The van der Waals surface area contributed by atoms with E-state index in [0.717, 1.165) is 17.2 Å². The summed E-state index contributed by atoms with van der Waals surface area (Å²) in [4.78, 5) is 12.3. The van der Waals surface area contributed by atoms with Gasteiger partial charge in [0.15, 0.2) is 5.78 Å². The Morgan fingerprint density at radius 3 is 2.21 bits per heavy atom. The van der Waals surface area contributed by atoms with Crippen LogP contribution in [0.2, 0.25) is 0 Å². The molecule has 0 saturated heterocycles. The van der Waals surface area contributed by atoms with Crippen LogP contribution in [-0.4, -0.2) is 5.78 Å². The molecule has 0 amide bonds. The van der Waals surface area contributed by atoms with Crippen molar-refractivity contribution in [3.8, 4) is 0 Å². The third kappa shape index (κ3) is 2.55. The fourth-order valence-corrected chi connectivity index (χ4v) is 1.96. The van der Waals surface area contributed by atoms with Gasteiger partial charge in [0.2, 0.25) is 0 Å². The molecule has 0 unspecified atom stereocenters. The summed E-state index contributed by atoms with van der Waals surface area (Å²) in [6.07, 6.45) is 0.